The Hall–Kier alpha value is -0.890. The summed E-state index contributed by atoms with van der Waals surface area (Å²) >= 11 is 3.90. The van der Waals surface area contributed by atoms with Gasteiger partial charge in [-0.1, -0.05) is 13.3 Å². The molecule has 0 radical (unpaired) electrons. The molecule has 0 atom stereocenters. The Bertz CT molecular complexity index is 607. The Morgan fingerprint density at radius 3 is 2.70 bits per heavy atom. The van der Waals surface area contributed by atoms with E-state index >= 15 is 0 Å². The molecule has 0 aliphatic heterocycles. The molecule has 0 saturated carbocycles. The van der Waals surface area contributed by atoms with Crippen LogP contribution in [0.4, 0.5) is 10.5 Å². The van der Waals surface area contributed by atoms with Crippen LogP contribution in [-0.2, 0) is 0 Å². The molecule has 0 heterocycles. The fourth-order valence-corrected chi connectivity index (χ4v) is 3.59. The highest BCUT2D eigenvalue weighted by atomic mass is 127. The molecule has 7 heteroatoms. The number of halogens is 2. The summed E-state index contributed by atoms with van der Waals surface area (Å²) < 4.78 is 5.88. The Balaban J connectivity index is 3.45. The van der Waals surface area contributed by atoms with Crippen LogP contribution in [0.15, 0.2) is 11.1 Å². The predicted octanol–water partition coefficient (Wildman–Crippen LogP) is 4.72. The predicted molar refractivity (Wildman–Crippen MR) is 92.9 cm³/mol. The normalized spacial score (nSPS) is 11.1. The largest absolute Gasteiger partial charge is 0.511 e. The molecule has 0 aromatic heterocycles. The van der Waals surface area contributed by atoms with E-state index in [1.807, 2.05) is 59.0 Å². The summed E-state index contributed by atoms with van der Waals surface area (Å²) in [6.45, 7) is 3.93. The van der Waals surface area contributed by atoms with Crippen molar-refractivity contribution in [2.75, 3.05) is 0 Å². The molecule has 5 nitrogen and oxygen atoms in total. The van der Waals surface area contributed by atoms with E-state index < -0.39 is 6.16 Å². The maximum atomic E-state index is 10.7. The molecule has 0 aliphatic carbocycles. The first-order valence-electron chi connectivity index (χ1n) is 5.77. The topological polar surface area (TPSA) is 82.7 Å². The molecule has 0 spiro atoms. The van der Waals surface area contributed by atoms with Gasteiger partial charge in [-0.05, 0) is 64.6 Å². The van der Waals surface area contributed by atoms with Crippen LogP contribution in [0.2, 0.25) is 0 Å². The minimum absolute atomic E-state index is 0.223. The van der Waals surface area contributed by atoms with E-state index in [2.05, 4.69) is 11.1 Å². The number of carbonyl (C=O) groups is 1. The number of aliphatic imine (C=N–C) groups is 1. The highest BCUT2D eigenvalue weighted by Gasteiger charge is 2.18. The zero-order chi connectivity index (χ0) is 15.3. The first-order chi connectivity index (χ1) is 9.40. The molecular weight excluding hydrogens is 486 g/mol. The maximum Gasteiger partial charge on any atom is 0.511 e. The van der Waals surface area contributed by atoms with E-state index in [0.717, 1.165) is 18.6 Å². The van der Waals surface area contributed by atoms with E-state index in [1.54, 1.807) is 6.07 Å². The second-order valence-corrected chi connectivity index (χ2v) is 6.22. The minimum atomic E-state index is -1.38. The molecule has 1 rings (SSSR count). The van der Waals surface area contributed by atoms with Gasteiger partial charge in [0.1, 0.15) is 6.07 Å². The van der Waals surface area contributed by atoms with Crippen LogP contribution < -0.4 is 4.74 Å². The van der Waals surface area contributed by atoms with Crippen LogP contribution in [-0.4, -0.2) is 17.0 Å². The van der Waals surface area contributed by atoms with Gasteiger partial charge in [0.25, 0.3) is 0 Å². The Morgan fingerprint density at radius 1 is 1.55 bits per heavy atom. The van der Waals surface area contributed by atoms with Gasteiger partial charge in [0.05, 0.1) is 18.4 Å². The SMILES string of the molecule is CCCC(C)=Nc1c(C#N)cc(I)c(OC(=O)O)c1I. The summed E-state index contributed by atoms with van der Waals surface area (Å²) in [6, 6.07) is 3.67. The fraction of sp³-hybridized carbons (Fsp3) is 0.308. The number of hydrogen-bond acceptors (Lipinski definition) is 4. The molecule has 1 aromatic rings. The van der Waals surface area contributed by atoms with Gasteiger partial charge < -0.3 is 9.84 Å². The third-order valence-corrected chi connectivity index (χ3v) is 4.18. The average Bonchev–Trinajstić information content (AvgIpc) is 2.37. The maximum absolute atomic E-state index is 10.7. The Labute approximate surface area is 144 Å². The average molecular weight is 498 g/mol. The van der Waals surface area contributed by atoms with Crippen molar-refractivity contribution in [3.63, 3.8) is 0 Å². The summed E-state index contributed by atoms with van der Waals surface area (Å²) in [6.07, 6.45) is 0.393. The van der Waals surface area contributed by atoms with Crippen LogP contribution in [0.5, 0.6) is 5.75 Å². The molecule has 1 N–H and O–H groups in total. The van der Waals surface area contributed by atoms with E-state index in [0.29, 0.717) is 18.4 Å². The van der Waals surface area contributed by atoms with E-state index in [9.17, 15) is 10.1 Å². The monoisotopic (exact) mass is 498 g/mol. The van der Waals surface area contributed by atoms with Crippen molar-refractivity contribution >= 4 is 62.7 Å². The molecule has 0 amide bonds. The highest BCUT2D eigenvalue weighted by molar-refractivity contribution is 14.1. The fourth-order valence-electron chi connectivity index (χ4n) is 1.58. The van der Waals surface area contributed by atoms with Crippen LogP contribution in [0, 0.1) is 18.5 Å². The highest BCUT2D eigenvalue weighted by Crippen LogP contribution is 2.38. The second kappa shape index (κ2) is 7.78. The number of hydrogen-bond donors (Lipinski definition) is 1. The number of carboxylic acid groups (broad SMARTS) is 1. The number of benzene rings is 1. The lowest BCUT2D eigenvalue weighted by Gasteiger charge is -2.10. The van der Waals surface area contributed by atoms with Gasteiger partial charge in [-0.3, -0.25) is 4.99 Å². The van der Waals surface area contributed by atoms with Crippen LogP contribution in [0.3, 0.4) is 0 Å². The quantitative estimate of drug-likeness (QED) is 0.282. The van der Waals surface area contributed by atoms with Gasteiger partial charge in [-0.2, -0.15) is 5.26 Å². The van der Waals surface area contributed by atoms with Crippen molar-refractivity contribution in [2.24, 2.45) is 4.99 Å². The number of ether oxygens (including phenoxy) is 1. The summed E-state index contributed by atoms with van der Waals surface area (Å²) in [4.78, 5) is 15.2. The third-order valence-electron chi connectivity index (χ3n) is 2.37. The lowest BCUT2D eigenvalue weighted by Crippen LogP contribution is -2.06. The number of nitriles is 1. The summed E-state index contributed by atoms with van der Waals surface area (Å²) in [5.41, 5.74) is 1.77. The van der Waals surface area contributed by atoms with E-state index in [4.69, 9.17) is 9.84 Å². The smallest absolute Gasteiger partial charge is 0.449 e. The molecule has 0 bridgehead atoms. The molecule has 0 saturated heterocycles. The summed E-state index contributed by atoms with van der Waals surface area (Å²) in [5.74, 6) is 0.223. The summed E-state index contributed by atoms with van der Waals surface area (Å²) in [5, 5.41) is 18.0. The van der Waals surface area contributed by atoms with Crippen LogP contribution in [0.1, 0.15) is 32.3 Å². The zero-order valence-corrected chi connectivity index (χ0v) is 15.2. The third kappa shape index (κ3) is 4.31. The zero-order valence-electron chi connectivity index (χ0n) is 10.9. The van der Waals surface area contributed by atoms with Crippen molar-refractivity contribution in [1.29, 1.82) is 5.26 Å². The van der Waals surface area contributed by atoms with Crippen molar-refractivity contribution < 1.29 is 14.6 Å². The standard InChI is InChI=1S/C13H12I2N2O3/c1-3-4-7(2)17-11-8(6-16)5-9(14)12(10(11)15)20-13(18)19/h5H,3-4H2,1-2H3,(H,18,19). The first kappa shape index (κ1) is 17.2. The molecule has 106 valence electrons. The number of nitrogens with zero attached hydrogens (tertiary/aromatic N) is 2. The van der Waals surface area contributed by atoms with Crippen LogP contribution in [0.25, 0.3) is 0 Å². The molecule has 1 aromatic carbocycles. The molecule has 0 aliphatic rings. The van der Waals surface area contributed by atoms with Crippen LogP contribution >= 0.6 is 45.2 Å². The van der Waals surface area contributed by atoms with Gasteiger partial charge in [0, 0.05) is 5.71 Å². The van der Waals surface area contributed by atoms with Crippen molar-refractivity contribution in [2.45, 2.75) is 26.7 Å². The first-order valence-corrected chi connectivity index (χ1v) is 7.93. The van der Waals surface area contributed by atoms with E-state index in [-0.39, 0.29) is 5.75 Å². The van der Waals surface area contributed by atoms with Gasteiger partial charge in [-0.25, -0.2) is 4.79 Å². The second-order valence-electron chi connectivity index (χ2n) is 3.97. The Morgan fingerprint density at radius 2 is 2.20 bits per heavy atom. The van der Waals surface area contributed by atoms with Gasteiger partial charge in [-0.15, -0.1) is 0 Å². The Kier molecular flexibility index (Phi) is 6.67. The van der Waals surface area contributed by atoms with Crippen molar-refractivity contribution in [3.05, 3.63) is 18.8 Å². The molecular formula is C13H12I2N2O3. The van der Waals surface area contributed by atoms with Gasteiger partial charge >= 0.3 is 6.16 Å². The number of rotatable bonds is 4. The molecule has 0 unspecified atom stereocenters. The van der Waals surface area contributed by atoms with E-state index in [1.165, 1.54) is 0 Å². The molecule has 0 fully saturated rings. The van der Waals surface area contributed by atoms with Crippen molar-refractivity contribution in [3.8, 4) is 11.8 Å². The lowest BCUT2D eigenvalue weighted by molar-refractivity contribution is 0.144. The van der Waals surface area contributed by atoms with Gasteiger partial charge in [0.2, 0.25) is 0 Å². The lowest BCUT2D eigenvalue weighted by atomic mass is 10.1. The molecule has 20 heavy (non-hydrogen) atoms. The van der Waals surface area contributed by atoms with Gasteiger partial charge in [0.15, 0.2) is 5.75 Å². The summed E-state index contributed by atoms with van der Waals surface area (Å²) in [7, 11) is 0. The minimum Gasteiger partial charge on any atom is -0.449 e. The van der Waals surface area contributed by atoms with Crippen molar-refractivity contribution in [1.82, 2.24) is 0 Å².